The first kappa shape index (κ1) is 57.2. The second kappa shape index (κ2) is 23.1. The molecule has 0 bridgehead atoms. The number of hydrogen-bond donors (Lipinski definition) is 1. The van der Waals surface area contributed by atoms with E-state index < -0.39 is 11.6 Å². The number of aromatic nitrogens is 8. The van der Waals surface area contributed by atoms with Crippen LogP contribution in [0.15, 0.2) is 85.5 Å². The standard InChI is InChI=1S/C67H73F2N13O5/c1-8-43-28-60(70-34-54(43)51-30-50(44-13-11-19-77(36-44)65(84)40(4)5)61(69)62-52(51)31-55(73-62)67(86)75-23-21-74(22-24-75)64-59(87-7)29-49(68)33-71-64)82-20-17-56(81(82)10-3)53-26-47(66(85)78-38-48-32-72-80(9-2)58(48)39-78)25-46-27-57(79(63(46)53)35-42-15-16-42)45-14-12-18-76(37-45)41(6)83/h13-14,17,20,25-34,40,42H,8-12,15-16,18-19,21-24,35-39H2,1-7H3/p+1. The van der Waals surface area contributed by atoms with Crippen LogP contribution in [0, 0.1) is 23.5 Å². The molecule has 2 fully saturated rings. The molecule has 0 unspecified atom stereocenters. The fraction of sp³-hybridized carbons (Fsp3) is 0.403. The Kier molecular flexibility index (Phi) is 15.1. The Hall–Kier alpha value is -8.94. The average molecular weight is 1180 g/mol. The maximum absolute atomic E-state index is 17.5. The third-order valence-corrected chi connectivity index (χ3v) is 18.3. The van der Waals surface area contributed by atoms with Crippen LogP contribution in [0.3, 0.4) is 0 Å². The molecule has 1 N–H and O–H groups in total. The van der Waals surface area contributed by atoms with Gasteiger partial charge in [-0.05, 0) is 109 Å². The fourth-order valence-electron chi connectivity index (χ4n) is 13.5. The first-order valence-electron chi connectivity index (χ1n) is 30.8. The molecule has 10 heterocycles. The topological polar surface area (TPSA) is 167 Å². The number of aromatic amines is 1. The van der Waals surface area contributed by atoms with Crippen molar-refractivity contribution in [3.8, 4) is 34.0 Å². The molecule has 0 spiro atoms. The maximum atomic E-state index is 17.5. The molecule has 0 atom stereocenters. The Labute approximate surface area is 504 Å². The van der Waals surface area contributed by atoms with Gasteiger partial charge < -0.3 is 38.8 Å². The summed E-state index contributed by atoms with van der Waals surface area (Å²) in [6.07, 6.45) is 15.4. The highest BCUT2D eigenvalue weighted by Crippen LogP contribution is 2.42. The third kappa shape index (κ3) is 10.4. The number of aryl methyl sites for hydroxylation is 2. The zero-order valence-electron chi connectivity index (χ0n) is 50.6. The van der Waals surface area contributed by atoms with Crippen molar-refractivity contribution in [1.82, 2.24) is 53.6 Å². The lowest BCUT2D eigenvalue weighted by Crippen LogP contribution is -2.49. The number of benzene rings is 2. The van der Waals surface area contributed by atoms with Crippen LogP contribution < -0.4 is 14.3 Å². The van der Waals surface area contributed by atoms with E-state index in [1.54, 1.807) is 22.8 Å². The number of fused-ring (bicyclic) bond motifs is 3. The molecule has 87 heavy (non-hydrogen) atoms. The van der Waals surface area contributed by atoms with Crippen LogP contribution in [-0.2, 0) is 48.7 Å². The number of nitrogens with one attached hydrogen (secondary N) is 1. The van der Waals surface area contributed by atoms with Gasteiger partial charge in [0.1, 0.15) is 23.9 Å². The molecule has 450 valence electrons. The van der Waals surface area contributed by atoms with Crippen LogP contribution in [0.1, 0.15) is 116 Å². The number of anilines is 1. The minimum atomic E-state index is -0.509. The van der Waals surface area contributed by atoms with Gasteiger partial charge in [0.05, 0.1) is 55.0 Å². The van der Waals surface area contributed by atoms with Gasteiger partial charge in [-0.25, -0.2) is 18.4 Å². The van der Waals surface area contributed by atoms with Crippen LogP contribution in [0.25, 0.3) is 61.2 Å². The first-order chi connectivity index (χ1) is 42.1. The number of ether oxygens (including phenoxy) is 1. The van der Waals surface area contributed by atoms with E-state index in [9.17, 15) is 23.6 Å². The van der Waals surface area contributed by atoms with Crippen molar-refractivity contribution in [2.75, 3.05) is 64.4 Å². The van der Waals surface area contributed by atoms with E-state index in [1.165, 1.54) is 13.2 Å². The first-order valence-corrected chi connectivity index (χ1v) is 30.8. The molecule has 4 aliphatic heterocycles. The number of carbonyl (C=O) groups excluding carboxylic acids is 4. The van der Waals surface area contributed by atoms with Crippen molar-refractivity contribution < 1.29 is 37.4 Å². The zero-order valence-corrected chi connectivity index (χ0v) is 50.6. The van der Waals surface area contributed by atoms with Crippen molar-refractivity contribution in [3.05, 3.63) is 136 Å². The molecular formula is C67H74F2N13O5+. The summed E-state index contributed by atoms with van der Waals surface area (Å²) in [6.45, 7) is 18.1. The predicted octanol–water partition coefficient (Wildman–Crippen LogP) is 9.85. The number of halogens is 2. The minimum Gasteiger partial charge on any atom is -0.493 e. The Balaban J connectivity index is 0.899. The van der Waals surface area contributed by atoms with Gasteiger partial charge in [-0.3, -0.25) is 23.9 Å². The molecule has 20 heteroatoms. The third-order valence-electron chi connectivity index (χ3n) is 18.3. The van der Waals surface area contributed by atoms with Crippen LogP contribution in [0.5, 0.6) is 5.75 Å². The van der Waals surface area contributed by atoms with Crippen molar-refractivity contribution in [1.29, 1.82) is 0 Å². The summed E-state index contributed by atoms with van der Waals surface area (Å²) in [5.41, 5.74) is 11.6. The summed E-state index contributed by atoms with van der Waals surface area (Å²) in [4.78, 5) is 77.8. The molecule has 1 saturated heterocycles. The average Bonchev–Trinajstić information content (AvgIpc) is 1.68. The molecule has 4 amide bonds. The highest BCUT2D eigenvalue weighted by molar-refractivity contribution is 6.06. The highest BCUT2D eigenvalue weighted by atomic mass is 19.1. The molecule has 0 radical (unpaired) electrons. The van der Waals surface area contributed by atoms with Gasteiger partial charge in [-0.2, -0.15) is 5.10 Å². The number of pyridine rings is 2. The van der Waals surface area contributed by atoms with Crippen LogP contribution >= 0.6 is 0 Å². The molecule has 18 nitrogen and oxygen atoms in total. The summed E-state index contributed by atoms with van der Waals surface area (Å²) >= 11 is 0. The van der Waals surface area contributed by atoms with Gasteiger partial charge in [0.25, 0.3) is 11.8 Å². The number of hydrogen-bond acceptors (Lipinski definition) is 9. The number of piperazine rings is 1. The molecule has 6 aromatic heterocycles. The summed E-state index contributed by atoms with van der Waals surface area (Å²) in [5.74, 6) is 0.434. The Morgan fingerprint density at radius 1 is 0.747 bits per heavy atom. The molecule has 1 aliphatic carbocycles. The normalized spacial score (nSPS) is 16.4. The van der Waals surface area contributed by atoms with Crippen LogP contribution in [0.4, 0.5) is 14.6 Å². The number of amides is 4. The van der Waals surface area contributed by atoms with E-state index in [1.807, 2.05) is 64.0 Å². The SMILES string of the molecule is CCc1cc(-[n+]2ccc(-c3cc(C(=O)N4Cc5cnn(CC)c5C4)cc4cc(C5=CCCN(C(C)=O)C5)n(CC5CC5)c34)n2CC)ncc1-c1cc(C2=CCCN(C(=O)C(C)C)C2)c(F)c2[nH]c(C(=O)N3CCN(c4ncc(F)cc4OC)CC3)cc12. The molecule has 8 aromatic rings. The maximum Gasteiger partial charge on any atom is 0.346 e. The molecule has 5 aliphatic rings. The number of rotatable bonds is 15. The van der Waals surface area contributed by atoms with Crippen molar-refractivity contribution in [2.24, 2.45) is 11.8 Å². The second-order valence-electron chi connectivity index (χ2n) is 24.1. The summed E-state index contributed by atoms with van der Waals surface area (Å²) in [6, 6.07) is 15.4. The summed E-state index contributed by atoms with van der Waals surface area (Å²) in [5, 5.41) is 6.05. The van der Waals surface area contributed by atoms with E-state index in [0.29, 0.717) is 129 Å². The quantitative estimate of drug-likeness (QED) is 0.0984. The van der Waals surface area contributed by atoms with Crippen molar-refractivity contribution in [2.45, 2.75) is 106 Å². The van der Waals surface area contributed by atoms with E-state index in [4.69, 9.17) is 9.72 Å². The van der Waals surface area contributed by atoms with Gasteiger partial charge >= 0.3 is 5.82 Å². The van der Waals surface area contributed by atoms with Gasteiger partial charge in [0, 0.05) is 147 Å². The molecule has 1 saturated carbocycles. The Bertz CT molecular complexity index is 4150. The predicted molar refractivity (Wildman–Crippen MR) is 329 cm³/mol. The number of nitrogens with zero attached hydrogens (tertiary/aromatic N) is 12. The van der Waals surface area contributed by atoms with Crippen LogP contribution in [-0.4, -0.2) is 137 Å². The summed E-state index contributed by atoms with van der Waals surface area (Å²) < 4.78 is 45.7. The number of methoxy groups -OCH3 is 1. The van der Waals surface area contributed by atoms with E-state index in [-0.39, 0.29) is 47.3 Å². The smallest absolute Gasteiger partial charge is 0.346 e. The molecule has 13 rings (SSSR count). The summed E-state index contributed by atoms with van der Waals surface area (Å²) in [7, 11) is 1.47. The van der Waals surface area contributed by atoms with Gasteiger partial charge in [-0.15, -0.1) is 4.68 Å². The van der Waals surface area contributed by atoms with E-state index >= 15 is 4.39 Å². The van der Waals surface area contributed by atoms with Gasteiger partial charge in [0.15, 0.2) is 17.4 Å². The lowest BCUT2D eigenvalue weighted by Gasteiger charge is -2.35. The fourth-order valence-corrected chi connectivity index (χ4v) is 13.5. The Morgan fingerprint density at radius 2 is 1.52 bits per heavy atom. The molecular weight excluding hydrogens is 1100 g/mol. The zero-order chi connectivity index (χ0) is 60.5. The Morgan fingerprint density at radius 3 is 2.24 bits per heavy atom. The monoisotopic (exact) mass is 1180 g/mol. The van der Waals surface area contributed by atoms with Gasteiger partial charge in [-0.1, -0.05) is 32.9 Å². The highest BCUT2D eigenvalue weighted by Gasteiger charge is 2.34. The number of carbonyl (C=O) groups is 4. The lowest BCUT2D eigenvalue weighted by atomic mass is 9.91. The van der Waals surface area contributed by atoms with E-state index in [2.05, 4.69) is 86.2 Å². The lowest BCUT2D eigenvalue weighted by molar-refractivity contribution is -0.687. The molecule has 2 aromatic carbocycles. The minimum absolute atomic E-state index is 0.00184. The van der Waals surface area contributed by atoms with Gasteiger partial charge in [0.2, 0.25) is 11.8 Å². The van der Waals surface area contributed by atoms with Crippen LogP contribution in [0.2, 0.25) is 0 Å². The second-order valence-corrected chi connectivity index (χ2v) is 24.1. The van der Waals surface area contributed by atoms with E-state index in [0.717, 1.165) is 94.4 Å². The largest absolute Gasteiger partial charge is 0.493 e. The number of H-pyrrole nitrogens is 1. The van der Waals surface area contributed by atoms with Crippen molar-refractivity contribution in [3.63, 3.8) is 0 Å². The van der Waals surface area contributed by atoms with Crippen molar-refractivity contribution >= 4 is 62.4 Å².